The first kappa shape index (κ1) is 24.1. The lowest BCUT2D eigenvalue weighted by molar-refractivity contribution is 0.139. The summed E-state index contributed by atoms with van der Waals surface area (Å²) in [6.07, 6.45) is 5.25. The predicted octanol–water partition coefficient (Wildman–Crippen LogP) is 5.53. The Morgan fingerprint density at radius 2 is 1.97 bits per heavy atom. The fraction of sp³-hybridized carbons (Fsp3) is 0.296. The summed E-state index contributed by atoms with van der Waals surface area (Å²) in [5.74, 6) is 2.55. The van der Waals surface area contributed by atoms with Gasteiger partial charge in [-0.15, -0.1) is 0 Å². The van der Waals surface area contributed by atoms with Crippen LogP contribution in [0.15, 0.2) is 61.1 Å². The average molecular weight is 506 g/mol. The van der Waals surface area contributed by atoms with E-state index in [1.165, 1.54) is 6.33 Å². The molecule has 186 valence electrons. The molecule has 1 aliphatic rings. The molecule has 4 aromatic rings. The third-order valence-electron chi connectivity index (χ3n) is 6.09. The van der Waals surface area contributed by atoms with E-state index in [9.17, 15) is 0 Å². The second-order valence-corrected chi connectivity index (χ2v) is 9.15. The number of rotatable bonds is 8. The Morgan fingerprint density at radius 3 is 2.75 bits per heavy atom. The van der Waals surface area contributed by atoms with Crippen LogP contribution in [0.2, 0.25) is 5.02 Å². The third-order valence-corrected chi connectivity index (χ3v) is 6.38. The number of methoxy groups -OCH3 is 1. The van der Waals surface area contributed by atoms with Crippen molar-refractivity contribution in [3.63, 3.8) is 0 Å². The van der Waals surface area contributed by atoms with Gasteiger partial charge in [0.15, 0.2) is 11.5 Å². The van der Waals surface area contributed by atoms with Crippen molar-refractivity contribution in [2.75, 3.05) is 19.0 Å². The zero-order chi connectivity index (χ0) is 24.9. The van der Waals surface area contributed by atoms with Crippen LogP contribution in [0.3, 0.4) is 0 Å². The number of piperidine rings is 1. The van der Waals surface area contributed by atoms with Crippen LogP contribution in [-0.4, -0.2) is 40.8 Å². The van der Waals surface area contributed by atoms with E-state index in [0.717, 1.165) is 41.7 Å². The molecule has 2 unspecified atom stereocenters. The summed E-state index contributed by atoms with van der Waals surface area (Å²) in [6.45, 7) is 3.44. The molecule has 0 radical (unpaired) electrons. The van der Waals surface area contributed by atoms with Crippen LogP contribution >= 0.6 is 11.6 Å². The molecular formula is C27H28ClN5O3. The Bertz CT molecular complexity index is 1340. The van der Waals surface area contributed by atoms with E-state index >= 15 is 0 Å². The van der Waals surface area contributed by atoms with Gasteiger partial charge in [0.05, 0.1) is 23.3 Å². The maximum absolute atomic E-state index is 6.51. The van der Waals surface area contributed by atoms with Gasteiger partial charge in [-0.1, -0.05) is 17.7 Å². The van der Waals surface area contributed by atoms with Crippen LogP contribution in [0.5, 0.6) is 17.2 Å². The van der Waals surface area contributed by atoms with Gasteiger partial charge in [-0.2, -0.15) is 0 Å². The van der Waals surface area contributed by atoms with Crippen molar-refractivity contribution in [1.82, 2.24) is 20.3 Å². The topological polar surface area (TPSA) is 90.4 Å². The molecule has 1 aliphatic heterocycles. The molecule has 2 aromatic carbocycles. The van der Waals surface area contributed by atoms with Crippen LogP contribution in [0, 0.1) is 0 Å². The average Bonchev–Trinajstić information content (AvgIpc) is 2.89. The lowest BCUT2D eigenvalue weighted by atomic mass is 10.0. The van der Waals surface area contributed by atoms with Crippen molar-refractivity contribution in [3.05, 3.63) is 71.8 Å². The van der Waals surface area contributed by atoms with Gasteiger partial charge in [-0.3, -0.25) is 4.98 Å². The van der Waals surface area contributed by atoms with Crippen molar-refractivity contribution in [2.24, 2.45) is 0 Å². The number of aromatic nitrogens is 3. The number of anilines is 2. The highest BCUT2D eigenvalue weighted by Crippen LogP contribution is 2.37. The maximum atomic E-state index is 6.51. The Kier molecular flexibility index (Phi) is 7.34. The molecule has 3 heterocycles. The summed E-state index contributed by atoms with van der Waals surface area (Å²) >= 11 is 6.51. The molecule has 0 amide bonds. The Hall–Kier alpha value is -3.62. The zero-order valence-electron chi connectivity index (χ0n) is 20.2. The van der Waals surface area contributed by atoms with E-state index in [4.69, 9.17) is 25.8 Å². The molecule has 8 nitrogen and oxygen atoms in total. The molecule has 2 atom stereocenters. The first-order valence-corrected chi connectivity index (χ1v) is 12.3. The summed E-state index contributed by atoms with van der Waals surface area (Å²) in [7, 11) is 1.64. The molecule has 2 N–H and O–H groups in total. The van der Waals surface area contributed by atoms with Crippen molar-refractivity contribution >= 4 is 34.0 Å². The van der Waals surface area contributed by atoms with Crippen LogP contribution in [0.25, 0.3) is 10.9 Å². The molecular weight excluding hydrogens is 478 g/mol. The number of nitrogens with one attached hydrogen (secondary N) is 2. The quantitative estimate of drug-likeness (QED) is 0.323. The van der Waals surface area contributed by atoms with Crippen LogP contribution < -0.4 is 24.8 Å². The van der Waals surface area contributed by atoms with E-state index in [2.05, 4.69) is 32.5 Å². The summed E-state index contributed by atoms with van der Waals surface area (Å²) in [6, 6.07) is 15.5. The molecule has 0 aliphatic carbocycles. The lowest BCUT2D eigenvalue weighted by Crippen LogP contribution is -2.40. The number of hydrogen-bond donors (Lipinski definition) is 2. The number of hydrogen-bond acceptors (Lipinski definition) is 8. The summed E-state index contributed by atoms with van der Waals surface area (Å²) in [5.41, 5.74) is 2.35. The smallest absolute Gasteiger partial charge is 0.162 e. The molecule has 1 fully saturated rings. The minimum absolute atomic E-state index is 0.117. The highest BCUT2D eigenvalue weighted by molar-refractivity contribution is 6.32. The Morgan fingerprint density at radius 1 is 1.06 bits per heavy atom. The van der Waals surface area contributed by atoms with Gasteiger partial charge in [0.1, 0.15) is 30.6 Å². The summed E-state index contributed by atoms with van der Waals surface area (Å²) in [4.78, 5) is 13.2. The molecule has 1 saturated heterocycles. The van der Waals surface area contributed by atoms with Crippen molar-refractivity contribution in [3.8, 4) is 17.2 Å². The number of halogens is 1. The summed E-state index contributed by atoms with van der Waals surface area (Å²) in [5, 5.41) is 8.11. The van der Waals surface area contributed by atoms with Crippen LogP contribution in [0.1, 0.15) is 25.5 Å². The SMILES string of the molecule is COc1cc2ncnc(Nc3ccc(OCc4ccccn4)c(Cl)c3)c2cc1OC1CCNC(C)C1. The molecule has 2 aromatic heterocycles. The first-order chi connectivity index (χ1) is 17.6. The lowest BCUT2D eigenvalue weighted by Gasteiger charge is -2.29. The van der Waals surface area contributed by atoms with E-state index < -0.39 is 0 Å². The standard InChI is InChI=1S/C27H28ClN5O3/c1-17-11-20(8-10-29-17)36-26-13-21-23(14-25(26)34-2)31-16-32-27(21)33-18-6-7-24(22(28)12-18)35-15-19-5-3-4-9-30-19/h3-7,9,12-14,16-17,20,29H,8,10-11,15H2,1-2H3,(H,31,32,33). The predicted molar refractivity (Wildman–Crippen MR) is 141 cm³/mol. The number of benzene rings is 2. The number of nitrogens with zero attached hydrogens (tertiary/aromatic N) is 3. The largest absolute Gasteiger partial charge is 0.493 e. The molecule has 36 heavy (non-hydrogen) atoms. The zero-order valence-corrected chi connectivity index (χ0v) is 21.0. The van der Waals surface area contributed by atoms with Gasteiger partial charge in [-0.05, 0) is 62.7 Å². The maximum Gasteiger partial charge on any atom is 0.162 e. The molecule has 0 bridgehead atoms. The Labute approximate surface area is 215 Å². The highest BCUT2D eigenvalue weighted by atomic mass is 35.5. The first-order valence-electron chi connectivity index (χ1n) is 11.9. The van der Waals surface area contributed by atoms with E-state index in [-0.39, 0.29) is 6.10 Å². The van der Waals surface area contributed by atoms with Gasteiger partial charge in [0.2, 0.25) is 0 Å². The monoisotopic (exact) mass is 505 g/mol. The second-order valence-electron chi connectivity index (χ2n) is 8.74. The molecule has 9 heteroatoms. The second kappa shape index (κ2) is 11.0. The van der Waals surface area contributed by atoms with Gasteiger partial charge in [0.25, 0.3) is 0 Å². The molecule has 5 rings (SSSR count). The van der Waals surface area contributed by atoms with E-state index in [0.29, 0.717) is 40.7 Å². The van der Waals surface area contributed by atoms with Crippen molar-refractivity contribution in [2.45, 2.75) is 38.5 Å². The normalized spacial score (nSPS) is 17.5. The fourth-order valence-electron chi connectivity index (χ4n) is 4.26. The van der Waals surface area contributed by atoms with Gasteiger partial charge >= 0.3 is 0 Å². The minimum Gasteiger partial charge on any atom is -0.493 e. The van der Waals surface area contributed by atoms with Crippen LogP contribution in [0.4, 0.5) is 11.5 Å². The van der Waals surface area contributed by atoms with E-state index in [1.54, 1.807) is 19.4 Å². The van der Waals surface area contributed by atoms with Gasteiger partial charge in [-0.25, -0.2) is 9.97 Å². The number of pyridine rings is 1. The molecule has 0 spiro atoms. The fourth-order valence-corrected chi connectivity index (χ4v) is 4.49. The van der Waals surface area contributed by atoms with Crippen molar-refractivity contribution < 1.29 is 14.2 Å². The van der Waals surface area contributed by atoms with Crippen LogP contribution in [-0.2, 0) is 6.61 Å². The van der Waals surface area contributed by atoms with E-state index in [1.807, 2.05) is 42.5 Å². The third kappa shape index (κ3) is 5.61. The molecule has 0 saturated carbocycles. The number of ether oxygens (including phenoxy) is 3. The minimum atomic E-state index is 0.117. The van der Waals surface area contributed by atoms with Crippen molar-refractivity contribution in [1.29, 1.82) is 0 Å². The Balaban J connectivity index is 1.37. The summed E-state index contributed by atoms with van der Waals surface area (Å²) < 4.78 is 17.8. The van der Waals surface area contributed by atoms with Gasteiger partial charge in [0, 0.05) is 29.4 Å². The highest BCUT2D eigenvalue weighted by Gasteiger charge is 2.22. The number of fused-ring (bicyclic) bond motifs is 1. The van der Waals surface area contributed by atoms with Gasteiger partial charge < -0.3 is 24.8 Å².